The Morgan fingerprint density at radius 3 is 3.09 bits per heavy atom. The van der Waals surface area contributed by atoms with Crippen molar-refractivity contribution in [3.8, 4) is 0 Å². The van der Waals surface area contributed by atoms with E-state index in [1.807, 2.05) is 24.3 Å². The van der Waals surface area contributed by atoms with Crippen LogP contribution in [0.3, 0.4) is 0 Å². The van der Waals surface area contributed by atoms with Crippen LogP contribution in [0.1, 0.15) is 25.3 Å². The second-order valence-electron chi connectivity index (χ2n) is 5.46. The van der Waals surface area contributed by atoms with Crippen molar-refractivity contribution >= 4 is 17.1 Å². The second kappa shape index (κ2) is 6.46. The minimum Gasteiger partial charge on any atom is -0.469 e. The van der Waals surface area contributed by atoms with Crippen molar-refractivity contribution in [3.05, 3.63) is 30.2 Å². The summed E-state index contributed by atoms with van der Waals surface area (Å²) in [5, 5.41) is 0. The summed E-state index contributed by atoms with van der Waals surface area (Å²) in [5.41, 5.74) is 1.66. The summed E-state index contributed by atoms with van der Waals surface area (Å²) in [5.74, 6) is 0.446. The lowest BCUT2D eigenvalue weighted by Gasteiger charge is -2.35. The summed E-state index contributed by atoms with van der Waals surface area (Å²) >= 11 is 0. The second-order valence-corrected chi connectivity index (χ2v) is 5.46. The Kier molecular flexibility index (Phi) is 4.40. The molecule has 0 bridgehead atoms. The summed E-state index contributed by atoms with van der Waals surface area (Å²) < 4.78 is 16.2. The van der Waals surface area contributed by atoms with Gasteiger partial charge in [-0.2, -0.15) is 0 Å². The van der Waals surface area contributed by atoms with Crippen molar-refractivity contribution < 1.29 is 18.7 Å². The van der Waals surface area contributed by atoms with Gasteiger partial charge in [-0.05, 0) is 19.1 Å². The molecule has 6 nitrogen and oxygen atoms in total. The van der Waals surface area contributed by atoms with Crippen LogP contribution in [0.15, 0.2) is 28.7 Å². The first-order valence-corrected chi connectivity index (χ1v) is 7.45. The van der Waals surface area contributed by atoms with Crippen LogP contribution in [-0.4, -0.2) is 48.8 Å². The highest BCUT2D eigenvalue weighted by Crippen LogP contribution is 2.26. The Morgan fingerprint density at radius 1 is 1.50 bits per heavy atom. The molecule has 2 atom stereocenters. The lowest BCUT2D eigenvalue weighted by atomic mass is 10.1. The van der Waals surface area contributed by atoms with E-state index in [2.05, 4.69) is 16.8 Å². The summed E-state index contributed by atoms with van der Waals surface area (Å²) in [4.78, 5) is 18.2. The lowest BCUT2D eigenvalue weighted by molar-refractivity contribution is -0.146. The quantitative estimate of drug-likeness (QED) is 0.806. The number of carbonyl (C=O) groups is 1. The molecule has 1 fully saturated rings. The molecule has 1 aliphatic heterocycles. The van der Waals surface area contributed by atoms with Crippen molar-refractivity contribution in [2.24, 2.45) is 0 Å². The third-order valence-electron chi connectivity index (χ3n) is 4.01. The number of methoxy groups -OCH3 is 1. The van der Waals surface area contributed by atoms with E-state index in [9.17, 15) is 4.79 Å². The zero-order valence-corrected chi connectivity index (χ0v) is 12.8. The molecule has 0 N–H and O–H groups in total. The minimum absolute atomic E-state index is 0.0384. The topological polar surface area (TPSA) is 64.8 Å². The third-order valence-corrected chi connectivity index (χ3v) is 4.01. The maximum absolute atomic E-state index is 11.4. The highest BCUT2D eigenvalue weighted by atomic mass is 16.5. The van der Waals surface area contributed by atoms with E-state index in [-0.39, 0.29) is 24.5 Å². The zero-order valence-electron chi connectivity index (χ0n) is 12.8. The Labute approximate surface area is 129 Å². The number of hydrogen-bond acceptors (Lipinski definition) is 6. The highest BCUT2D eigenvalue weighted by Gasteiger charge is 2.29. The first kappa shape index (κ1) is 15.0. The predicted octanol–water partition coefficient (Wildman–Crippen LogP) is 2.15. The smallest absolute Gasteiger partial charge is 0.308 e. The molecule has 3 rings (SSSR count). The monoisotopic (exact) mass is 304 g/mol. The molecule has 1 aromatic carbocycles. The molecule has 1 aliphatic rings. The fourth-order valence-corrected chi connectivity index (χ4v) is 2.71. The largest absolute Gasteiger partial charge is 0.469 e. The first-order chi connectivity index (χ1) is 10.7. The van der Waals surface area contributed by atoms with Crippen molar-refractivity contribution in [1.29, 1.82) is 0 Å². The average molecular weight is 304 g/mol. The van der Waals surface area contributed by atoms with Gasteiger partial charge < -0.3 is 13.9 Å². The standard InChI is InChI=1S/C16H20N2O4/c1-11(16-17-13-5-3-4-6-14(13)22-16)18-7-8-21-12(10-18)9-15(19)20-2/h3-6,11-12H,7-10H2,1-2H3/t11-,12-/m1/s1. The number of oxazole rings is 1. The lowest BCUT2D eigenvalue weighted by Crippen LogP contribution is -2.44. The van der Waals surface area contributed by atoms with Crippen LogP contribution in [0.4, 0.5) is 0 Å². The summed E-state index contributed by atoms with van der Waals surface area (Å²) in [6.07, 6.45) is 0.126. The molecule has 1 saturated heterocycles. The number of nitrogens with zero attached hydrogens (tertiary/aromatic N) is 2. The SMILES string of the molecule is COC(=O)C[C@@H]1CN([C@H](C)c2nc3ccccc3o2)CCO1. The Hall–Kier alpha value is -1.92. The van der Waals surface area contributed by atoms with E-state index in [1.54, 1.807) is 0 Å². The molecular formula is C16H20N2O4. The van der Waals surface area contributed by atoms with E-state index in [0.29, 0.717) is 19.0 Å². The number of fused-ring (bicyclic) bond motifs is 1. The molecular weight excluding hydrogens is 284 g/mol. The molecule has 0 unspecified atom stereocenters. The van der Waals surface area contributed by atoms with Crippen LogP contribution >= 0.6 is 0 Å². The molecule has 6 heteroatoms. The van der Waals surface area contributed by atoms with E-state index < -0.39 is 0 Å². The molecule has 0 aliphatic carbocycles. The number of carbonyl (C=O) groups excluding carboxylic acids is 1. The van der Waals surface area contributed by atoms with Gasteiger partial charge in [-0.25, -0.2) is 4.98 Å². The van der Waals surface area contributed by atoms with E-state index in [4.69, 9.17) is 13.9 Å². The minimum atomic E-state index is -0.249. The third kappa shape index (κ3) is 3.13. The molecule has 0 amide bonds. The average Bonchev–Trinajstić information content (AvgIpc) is 2.98. The van der Waals surface area contributed by atoms with Crippen molar-refractivity contribution in [2.45, 2.75) is 25.5 Å². The van der Waals surface area contributed by atoms with Gasteiger partial charge in [0, 0.05) is 13.1 Å². The highest BCUT2D eigenvalue weighted by molar-refractivity contribution is 5.72. The molecule has 0 radical (unpaired) electrons. The maximum Gasteiger partial charge on any atom is 0.308 e. The molecule has 0 spiro atoms. The molecule has 2 heterocycles. The number of hydrogen-bond donors (Lipinski definition) is 0. The van der Waals surface area contributed by atoms with Crippen molar-refractivity contribution in [3.63, 3.8) is 0 Å². The summed E-state index contributed by atoms with van der Waals surface area (Å²) in [6.45, 7) is 4.10. The van der Waals surface area contributed by atoms with Gasteiger partial charge in [0.1, 0.15) is 5.52 Å². The van der Waals surface area contributed by atoms with E-state index >= 15 is 0 Å². The van der Waals surface area contributed by atoms with Gasteiger partial charge in [-0.1, -0.05) is 12.1 Å². The van der Waals surface area contributed by atoms with Crippen molar-refractivity contribution in [1.82, 2.24) is 9.88 Å². The Bertz CT molecular complexity index is 621. The first-order valence-electron chi connectivity index (χ1n) is 7.45. The number of benzene rings is 1. The van der Waals surface area contributed by atoms with Gasteiger partial charge in [0.05, 0.1) is 32.3 Å². The van der Waals surface area contributed by atoms with Crippen LogP contribution < -0.4 is 0 Å². The Balaban J connectivity index is 1.70. The van der Waals surface area contributed by atoms with Gasteiger partial charge in [0.15, 0.2) is 5.58 Å². The van der Waals surface area contributed by atoms with Crippen LogP contribution in [0, 0.1) is 0 Å². The molecule has 0 saturated carbocycles. The molecule has 2 aromatic rings. The van der Waals surface area contributed by atoms with E-state index in [0.717, 1.165) is 17.6 Å². The number of aromatic nitrogens is 1. The Morgan fingerprint density at radius 2 is 2.32 bits per heavy atom. The van der Waals surface area contributed by atoms with Gasteiger partial charge >= 0.3 is 5.97 Å². The summed E-state index contributed by atoms with van der Waals surface area (Å²) in [7, 11) is 1.39. The van der Waals surface area contributed by atoms with E-state index in [1.165, 1.54) is 7.11 Å². The molecule has 22 heavy (non-hydrogen) atoms. The number of rotatable bonds is 4. The number of para-hydroxylation sites is 2. The number of esters is 1. The van der Waals surface area contributed by atoms with Gasteiger partial charge in [-0.15, -0.1) is 0 Å². The maximum atomic E-state index is 11.4. The van der Waals surface area contributed by atoms with Crippen LogP contribution in [0.2, 0.25) is 0 Å². The van der Waals surface area contributed by atoms with Crippen LogP contribution in [0.5, 0.6) is 0 Å². The normalized spacial score (nSPS) is 20.9. The van der Waals surface area contributed by atoms with Gasteiger partial charge in [0.2, 0.25) is 5.89 Å². The fourth-order valence-electron chi connectivity index (χ4n) is 2.71. The van der Waals surface area contributed by atoms with Gasteiger partial charge in [0.25, 0.3) is 0 Å². The molecule has 1 aromatic heterocycles. The predicted molar refractivity (Wildman–Crippen MR) is 80.4 cm³/mol. The van der Waals surface area contributed by atoms with Crippen molar-refractivity contribution in [2.75, 3.05) is 26.8 Å². The number of ether oxygens (including phenoxy) is 2. The zero-order chi connectivity index (χ0) is 15.5. The fraction of sp³-hybridized carbons (Fsp3) is 0.500. The summed E-state index contributed by atoms with van der Waals surface area (Å²) in [6, 6.07) is 7.77. The van der Waals surface area contributed by atoms with Crippen LogP contribution in [0.25, 0.3) is 11.1 Å². The van der Waals surface area contributed by atoms with Crippen LogP contribution in [-0.2, 0) is 14.3 Å². The molecule has 118 valence electrons. The number of morpholine rings is 1. The van der Waals surface area contributed by atoms with Gasteiger partial charge in [-0.3, -0.25) is 9.69 Å².